The SMILES string of the molecule is CCCCOC(=O)C1C(C)=NC2=C(C(=O)CC(C)(C)C2)[C@H]1c1ccccc1OC(C)C. The van der Waals surface area contributed by atoms with Crippen molar-refractivity contribution in [1.29, 1.82) is 0 Å². The minimum Gasteiger partial charge on any atom is -0.491 e. The van der Waals surface area contributed by atoms with E-state index in [2.05, 4.69) is 20.8 Å². The van der Waals surface area contributed by atoms with Gasteiger partial charge in [-0.1, -0.05) is 45.4 Å². The van der Waals surface area contributed by atoms with Gasteiger partial charge in [0.05, 0.1) is 12.7 Å². The summed E-state index contributed by atoms with van der Waals surface area (Å²) < 4.78 is 11.7. The van der Waals surface area contributed by atoms with Crippen molar-refractivity contribution in [3.05, 3.63) is 41.1 Å². The van der Waals surface area contributed by atoms with Crippen LogP contribution in [0.4, 0.5) is 0 Å². The Morgan fingerprint density at radius 1 is 1.23 bits per heavy atom. The topological polar surface area (TPSA) is 65.0 Å². The van der Waals surface area contributed by atoms with E-state index in [9.17, 15) is 9.59 Å². The van der Waals surface area contributed by atoms with Gasteiger partial charge >= 0.3 is 5.97 Å². The van der Waals surface area contributed by atoms with E-state index in [1.54, 1.807) is 0 Å². The van der Waals surface area contributed by atoms with Gasteiger partial charge in [0.25, 0.3) is 0 Å². The summed E-state index contributed by atoms with van der Waals surface area (Å²) in [5.41, 5.74) is 2.87. The number of benzene rings is 1. The van der Waals surface area contributed by atoms with E-state index in [-0.39, 0.29) is 23.3 Å². The van der Waals surface area contributed by atoms with Gasteiger partial charge in [0.15, 0.2) is 5.78 Å². The van der Waals surface area contributed by atoms with Crippen LogP contribution in [0.15, 0.2) is 40.5 Å². The molecule has 2 atom stereocenters. The Kier molecular flexibility index (Phi) is 7.03. The van der Waals surface area contributed by atoms with Crippen molar-refractivity contribution < 1.29 is 19.1 Å². The maximum atomic E-state index is 13.4. The summed E-state index contributed by atoms with van der Waals surface area (Å²) in [4.78, 5) is 31.4. The zero-order valence-electron chi connectivity index (χ0n) is 19.7. The number of unbranched alkanes of at least 4 members (excludes halogenated alkanes) is 1. The number of hydrogen-bond donors (Lipinski definition) is 0. The first kappa shape index (κ1) is 23.2. The molecule has 0 radical (unpaired) electrons. The fourth-order valence-corrected chi connectivity index (χ4v) is 4.59. The molecule has 0 saturated heterocycles. The lowest BCUT2D eigenvalue weighted by atomic mass is 9.66. The number of allylic oxidation sites excluding steroid dienone is 2. The second-order valence-electron chi connectivity index (χ2n) is 9.74. The molecule has 0 aromatic heterocycles. The predicted octanol–water partition coefficient (Wildman–Crippen LogP) is 5.63. The van der Waals surface area contributed by atoms with Crippen LogP contribution in [0.1, 0.15) is 78.7 Å². The van der Waals surface area contributed by atoms with Crippen molar-refractivity contribution in [3.63, 3.8) is 0 Å². The number of carbonyl (C=O) groups is 2. The van der Waals surface area contributed by atoms with Gasteiger partial charge in [-0.3, -0.25) is 14.6 Å². The Bertz CT molecular complexity index is 910. The average Bonchev–Trinajstić information content (AvgIpc) is 2.66. The summed E-state index contributed by atoms with van der Waals surface area (Å²) in [6, 6.07) is 7.72. The molecule has 31 heavy (non-hydrogen) atoms. The van der Waals surface area contributed by atoms with Crippen LogP contribution in [0, 0.1) is 11.3 Å². The summed E-state index contributed by atoms with van der Waals surface area (Å²) in [5, 5.41) is 0. The van der Waals surface area contributed by atoms with Gasteiger partial charge in [-0.05, 0) is 45.1 Å². The van der Waals surface area contributed by atoms with Crippen molar-refractivity contribution in [2.45, 2.75) is 79.2 Å². The fourth-order valence-electron chi connectivity index (χ4n) is 4.59. The molecule has 5 heteroatoms. The number of nitrogens with zero attached hydrogens (tertiary/aromatic N) is 1. The van der Waals surface area contributed by atoms with E-state index in [1.165, 1.54) is 0 Å². The Morgan fingerprint density at radius 2 is 1.94 bits per heavy atom. The highest BCUT2D eigenvalue weighted by molar-refractivity contribution is 6.09. The van der Waals surface area contributed by atoms with Crippen LogP contribution >= 0.6 is 0 Å². The van der Waals surface area contributed by atoms with Crippen molar-refractivity contribution in [3.8, 4) is 5.75 Å². The molecule has 1 aliphatic carbocycles. The van der Waals surface area contributed by atoms with E-state index in [4.69, 9.17) is 14.5 Å². The molecule has 1 heterocycles. The van der Waals surface area contributed by atoms with Gasteiger partial charge in [0.2, 0.25) is 0 Å². The van der Waals surface area contributed by atoms with Crippen molar-refractivity contribution in [2.75, 3.05) is 6.61 Å². The first-order chi connectivity index (χ1) is 14.6. The van der Waals surface area contributed by atoms with Gasteiger partial charge in [0.1, 0.15) is 11.7 Å². The summed E-state index contributed by atoms with van der Waals surface area (Å²) in [6.45, 7) is 12.4. The molecule has 0 bridgehead atoms. The molecule has 1 aromatic rings. The van der Waals surface area contributed by atoms with Gasteiger partial charge in [0, 0.05) is 34.9 Å². The highest BCUT2D eigenvalue weighted by atomic mass is 16.5. The highest BCUT2D eigenvalue weighted by Gasteiger charge is 2.46. The maximum Gasteiger partial charge on any atom is 0.315 e. The lowest BCUT2D eigenvalue weighted by Gasteiger charge is -2.39. The zero-order valence-corrected chi connectivity index (χ0v) is 19.7. The largest absolute Gasteiger partial charge is 0.491 e. The third-order valence-electron chi connectivity index (χ3n) is 5.92. The standard InChI is InChI=1S/C26H35NO4/c1-7-8-13-30-25(29)22-17(4)27-19-14-26(5,6)15-20(28)24(19)23(22)18-11-9-10-12-21(18)31-16(2)3/h9-12,16,22-23H,7-8,13-15H2,1-6H3/t22?,23-/m0/s1. The monoisotopic (exact) mass is 425 g/mol. The smallest absolute Gasteiger partial charge is 0.315 e. The molecule has 0 spiro atoms. The summed E-state index contributed by atoms with van der Waals surface area (Å²) in [5.74, 6) is -0.618. The van der Waals surface area contributed by atoms with Gasteiger partial charge < -0.3 is 9.47 Å². The number of hydrogen-bond acceptors (Lipinski definition) is 5. The summed E-state index contributed by atoms with van der Waals surface area (Å²) in [6.07, 6.45) is 2.90. The van der Waals surface area contributed by atoms with Crippen molar-refractivity contribution >= 4 is 17.5 Å². The molecule has 0 N–H and O–H groups in total. The van der Waals surface area contributed by atoms with Gasteiger partial charge in [-0.2, -0.15) is 0 Å². The maximum absolute atomic E-state index is 13.4. The molecule has 168 valence electrons. The molecular formula is C26H35NO4. The van der Waals surface area contributed by atoms with Crippen LogP contribution in [0.3, 0.4) is 0 Å². The predicted molar refractivity (Wildman–Crippen MR) is 122 cm³/mol. The van der Waals surface area contributed by atoms with Crippen molar-refractivity contribution in [1.82, 2.24) is 0 Å². The molecule has 1 unspecified atom stereocenters. The normalized spacial score (nSPS) is 22.8. The number of aliphatic imine (C=N–C) groups is 1. The number of ketones is 1. The van der Waals surface area contributed by atoms with Gasteiger partial charge in [-0.15, -0.1) is 0 Å². The molecule has 0 saturated carbocycles. The zero-order chi connectivity index (χ0) is 22.8. The van der Waals surface area contributed by atoms with Crippen LogP contribution in [0.25, 0.3) is 0 Å². The number of Topliss-reactive ketones (excluding diaryl/α,β-unsaturated/α-hetero) is 1. The highest BCUT2D eigenvalue weighted by Crippen LogP contribution is 2.49. The van der Waals surface area contributed by atoms with Crippen LogP contribution in [0.2, 0.25) is 0 Å². The molecule has 3 rings (SSSR count). The number of esters is 1. The third-order valence-corrected chi connectivity index (χ3v) is 5.92. The molecule has 1 aromatic carbocycles. The Morgan fingerprint density at radius 3 is 2.61 bits per heavy atom. The Balaban J connectivity index is 2.13. The first-order valence-corrected chi connectivity index (χ1v) is 11.4. The molecule has 0 fully saturated rings. The number of carbonyl (C=O) groups excluding carboxylic acids is 2. The van der Waals surface area contributed by atoms with Crippen LogP contribution in [-0.4, -0.2) is 30.2 Å². The number of para-hydroxylation sites is 1. The summed E-state index contributed by atoms with van der Waals surface area (Å²) >= 11 is 0. The Hall–Kier alpha value is -2.43. The number of rotatable bonds is 7. The van der Waals surface area contributed by atoms with Crippen LogP contribution in [0.5, 0.6) is 5.75 Å². The van der Waals surface area contributed by atoms with E-state index in [0.717, 1.165) is 24.1 Å². The third kappa shape index (κ3) is 5.08. The van der Waals surface area contributed by atoms with Crippen molar-refractivity contribution in [2.24, 2.45) is 16.3 Å². The van der Waals surface area contributed by atoms with Gasteiger partial charge in [-0.25, -0.2) is 0 Å². The molecule has 1 aliphatic heterocycles. The summed E-state index contributed by atoms with van der Waals surface area (Å²) in [7, 11) is 0. The minimum atomic E-state index is -0.627. The first-order valence-electron chi connectivity index (χ1n) is 11.4. The lowest BCUT2D eigenvalue weighted by molar-refractivity contribution is -0.146. The van der Waals surface area contributed by atoms with E-state index in [0.29, 0.717) is 36.5 Å². The quantitative estimate of drug-likeness (QED) is 0.419. The molecule has 0 amide bonds. The van der Waals surface area contributed by atoms with Crippen LogP contribution < -0.4 is 4.74 Å². The molecular weight excluding hydrogens is 390 g/mol. The Labute approximate surface area is 185 Å². The van der Waals surface area contributed by atoms with E-state index >= 15 is 0 Å². The minimum absolute atomic E-state index is 0.0242. The number of ether oxygens (including phenoxy) is 2. The van der Waals surface area contributed by atoms with E-state index < -0.39 is 11.8 Å². The second kappa shape index (κ2) is 9.37. The van der Waals surface area contributed by atoms with E-state index in [1.807, 2.05) is 45.0 Å². The van der Waals surface area contributed by atoms with Crippen LogP contribution in [-0.2, 0) is 14.3 Å². The molecule has 2 aliphatic rings. The fraction of sp³-hybridized carbons (Fsp3) is 0.577. The lowest BCUT2D eigenvalue weighted by Crippen LogP contribution is -2.39. The molecule has 5 nitrogen and oxygen atoms in total. The second-order valence-corrected chi connectivity index (χ2v) is 9.74. The average molecular weight is 426 g/mol.